The fourth-order valence-corrected chi connectivity index (χ4v) is 3.84. The van der Waals surface area contributed by atoms with Gasteiger partial charge in [-0.3, -0.25) is 29.2 Å². The number of rotatable bonds is 20. The molecule has 43 heavy (non-hydrogen) atoms. The van der Waals surface area contributed by atoms with Crippen LogP contribution < -0.4 is 50.4 Å². The fraction of sp³-hybridized carbons (Fsp3) is 0.500. The average Bonchev–Trinajstić information content (AvgIpc) is 2.94. The summed E-state index contributed by atoms with van der Waals surface area (Å²) in [7, 11) is 0. The zero-order valence-corrected chi connectivity index (χ0v) is 23.9. The summed E-state index contributed by atoms with van der Waals surface area (Å²) in [6.07, 6.45) is 0.486. The van der Waals surface area contributed by atoms with Crippen LogP contribution >= 0.6 is 0 Å². The van der Waals surface area contributed by atoms with Gasteiger partial charge in [0, 0.05) is 25.9 Å². The quantitative estimate of drug-likeness (QED) is 0.0394. The molecule has 0 saturated carbocycles. The minimum atomic E-state index is -1.28. The number of carbonyl (C=O) groups is 5. The van der Waals surface area contributed by atoms with Crippen molar-refractivity contribution >= 4 is 41.5 Å². The Morgan fingerprint density at radius 3 is 1.70 bits per heavy atom. The Morgan fingerprint density at radius 2 is 1.19 bits per heavy atom. The topological polar surface area (TPSA) is 323 Å². The lowest BCUT2D eigenvalue weighted by Crippen LogP contribution is -2.57. The van der Waals surface area contributed by atoms with Crippen molar-refractivity contribution < 1.29 is 29.1 Å². The average molecular weight is 606 g/mol. The highest BCUT2D eigenvalue weighted by Gasteiger charge is 2.30. The predicted octanol–water partition coefficient (Wildman–Crippen LogP) is -3.53. The standard InChI is InChI=1S/C26H43N11O6/c27-16(10-11-20(28)38)21(39)35-17(8-4-12-33-25(29)30)22(40)37-19(14-15-6-2-1-3-7-15)23(41)36-18(24(42)43)9-5-13-34-26(31)32/h1-3,6-7,16-19H,4-5,8-14,27H2,(H2,28,38)(H,35,39)(H,36,41)(H,37,40)(H,42,43)(H4,29,30,33)(H4,31,32,34). The normalized spacial score (nSPS) is 13.3. The van der Waals surface area contributed by atoms with E-state index in [1.165, 1.54) is 0 Å². The molecule has 0 saturated heterocycles. The van der Waals surface area contributed by atoms with E-state index in [1.807, 2.05) is 0 Å². The second-order valence-electron chi connectivity index (χ2n) is 9.72. The van der Waals surface area contributed by atoms with Crippen molar-refractivity contribution in [3.63, 3.8) is 0 Å². The Bertz CT molecular complexity index is 1140. The molecule has 17 heteroatoms. The van der Waals surface area contributed by atoms with Gasteiger partial charge in [0.15, 0.2) is 11.9 Å². The van der Waals surface area contributed by atoms with Crippen LogP contribution in [0, 0.1) is 0 Å². The number of amides is 4. The highest BCUT2D eigenvalue weighted by atomic mass is 16.4. The van der Waals surface area contributed by atoms with Crippen molar-refractivity contribution in [1.29, 1.82) is 0 Å². The molecule has 0 aliphatic rings. The maximum Gasteiger partial charge on any atom is 0.326 e. The van der Waals surface area contributed by atoms with Crippen molar-refractivity contribution in [2.45, 2.75) is 69.1 Å². The lowest BCUT2D eigenvalue weighted by atomic mass is 10.0. The monoisotopic (exact) mass is 605 g/mol. The Morgan fingerprint density at radius 1 is 0.698 bits per heavy atom. The third-order valence-electron chi connectivity index (χ3n) is 6.09. The van der Waals surface area contributed by atoms with E-state index < -0.39 is 53.8 Å². The molecule has 1 aromatic carbocycles. The molecule has 0 aliphatic carbocycles. The van der Waals surface area contributed by atoms with Crippen LogP contribution in [0.25, 0.3) is 0 Å². The second-order valence-corrected chi connectivity index (χ2v) is 9.72. The van der Waals surface area contributed by atoms with E-state index in [0.29, 0.717) is 5.56 Å². The fourth-order valence-electron chi connectivity index (χ4n) is 3.84. The number of carboxylic acids is 1. The van der Waals surface area contributed by atoms with Crippen LogP contribution in [0.5, 0.6) is 0 Å². The number of nitrogens with two attached hydrogens (primary N) is 6. The van der Waals surface area contributed by atoms with Gasteiger partial charge in [0.1, 0.15) is 18.1 Å². The van der Waals surface area contributed by atoms with Gasteiger partial charge in [-0.1, -0.05) is 30.3 Å². The number of benzene rings is 1. The van der Waals surface area contributed by atoms with Gasteiger partial charge < -0.3 is 55.5 Å². The Balaban J connectivity index is 3.14. The summed E-state index contributed by atoms with van der Waals surface area (Å²) in [6, 6.07) is 3.96. The zero-order chi connectivity index (χ0) is 32.4. The first-order valence-corrected chi connectivity index (χ1v) is 13.6. The van der Waals surface area contributed by atoms with Crippen LogP contribution in [0.3, 0.4) is 0 Å². The van der Waals surface area contributed by atoms with E-state index in [-0.39, 0.29) is 70.0 Å². The zero-order valence-electron chi connectivity index (χ0n) is 23.9. The molecule has 4 atom stereocenters. The van der Waals surface area contributed by atoms with Gasteiger partial charge in [-0.2, -0.15) is 0 Å². The predicted molar refractivity (Wildman–Crippen MR) is 160 cm³/mol. The molecule has 16 N–H and O–H groups in total. The van der Waals surface area contributed by atoms with Crippen LogP contribution in [0.2, 0.25) is 0 Å². The summed E-state index contributed by atoms with van der Waals surface area (Å²) in [4.78, 5) is 70.1. The van der Waals surface area contributed by atoms with Crippen molar-refractivity contribution in [3.8, 4) is 0 Å². The molecule has 1 aromatic rings. The SMILES string of the molecule is NC(=O)CCC(N)C(=O)NC(CCCN=C(N)N)C(=O)NC(Cc1ccccc1)C(=O)NC(CCCN=C(N)N)C(=O)O. The van der Waals surface area contributed by atoms with Crippen LogP contribution in [-0.2, 0) is 30.4 Å². The molecule has 0 radical (unpaired) electrons. The summed E-state index contributed by atoms with van der Waals surface area (Å²) in [5, 5.41) is 17.3. The largest absolute Gasteiger partial charge is 0.480 e. The maximum atomic E-state index is 13.4. The molecule has 0 bridgehead atoms. The first kappa shape index (κ1) is 36.1. The minimum absolute atomic E-state index is 0.0194. The Hall–Kier alpha value is -4.93. The van der Waals surface area contributed by atoms with Crippen LogP contribution in [0.1, 0.15) is 44.1 Å². The molecule has 0 spiro atoms. The third-order valence-corrected chi connectivity index (χ3v) is 6.09. The molecule has 0 fully saturated rings. The van der Waals surface area contributed by atoms with Gasteiger partial charge in [-0.15, -0.1) is 0 Å². The smallest absolute Gasteiger partial charge is 0.326 e. The van der Waals surface area contributed by atoms with Crippen LogP contribution in [-0.4, -0.2) is 83.9 Å². The van der Waals surface area contributed by atoms with Crippen molar-refractivity contribution in [1.82, 2.24) is 16.0 Å². The second kappa shape index (κ2) is 19.2. The summed E-state index contributed by atoms with van der Waals surface area (Å²) >= 11 is 0. The van der Waals surface area contributed by atoms with Gasteiger partial charge in [-0.05, 0) is 37.7 Å². The van der Waals surface area contributed by atoms with Gasteiger partial charge in [0.2, 0.25) is 23.6 Å². The third kappa shape index (κ3) is 15.6. The summed E-state index contributed by atoms with van der Waals surface area (Å²) in [6.45, 7) is 0.318. The number of carbonyl (C=O) groups excluding carboxylic acids is 4. The van der Waals surface area contributed by atoms with E-state index in [2.05, 4.69) is 25.9 Å². The number of aliphatic imine (C=N–C) groups is 2. The maximum absolute atomic E-state index is 13.4. The van der Waals surface area contributed by atoms with Gasteiger partial charge in [-0.25, -0.2) is 4.79 Å². The van der Waals surface area contributed by atoms with E-state index >= 15 is 0 Å². The number of carboxylic acid groups (broad SMARTS) is 1. The van der Waals surface area contributed by atoms with Gasteiger partial charge in [0.25, 0.3) is 0 Å². The first-order valence-electron chi connectivity index (χ1n) is 13.6. The molecule has 0 aromatic heterocycles. The van der Waals surface area contributed by atoms with Crippen molar-refractivity contribution in [2.75, 3.05) is 13.1 Å². The highest BCUT2D eigenvalue weighted by molar-refractivity contribution is 5.94. The lowest BCUT2D eigenvalue weighted by molar-refractivity contribution is -0.142. The lowest BCUT2D eigenvalue weighted by Gasteiger charge is -2.25. The molecular weight excluding hydrogens is 562 g/mol. The van der Waals surface area contributed by atoms with Crippen LogP contribution in [0.4, 0.5) is 0 Å². The summed E-state index contributed by atoms with van der Waals surface area (Å²) in [5.74, 6) is -4.40. The number of nitrogens with zero attached hydrogens (tertiary/aromatic N) is 2. The molecule has 0 aliphatic heterocycles. The van der Waals surface area contributed by atoms with E-state index in [1.54, 1.807) is 30.3 Å². The van der Waals surface area contributed by atoms with Gasteiger partial charge >= 0.3 is 5.97 Å². The summed E-state index contributed by atoms with van der Waals surface area (Å²) < 4.78 is 0. The highest BCUT2D eigenvalue weighted by Crippen LogP contribution is 2.08. The number of aliphatic carboxylic acids is 1. The van der Waals surface area contributed by atoms with Crippen LogP contribution in [0.15, 0.2) is 40.3 Å². The van der Waals surface area contributed by atoms with E-state index in [4.69, 9.17) is 34.4 Å². The van der Waals surface area contributed by atoms with Gasteiger partial charge in [0.05, 0.1) is 6.04 Å². The first-order chi connectivity index (χ1) is 20.3. The van der Waals surface area contributed by atoms with Crippen molar-refractivity contribution in [2.24, 2.45) is 44.4 Å². The summed E-state index contributed by atoms with van der Waals surface area (Å²) in [5.41, 5.74) is 33.0. The number of guanidine groups is 2. The Kier molecular flexibility index (Phi) is 16.1. The molecule has 17 nitrogen and oxygen atoms in total. The number of primary amides is 1. The molecule has 1 rings (SSSR count). The molecule has 4 unspecified atom stereocenters. The molecule has 0 heterocycles. The molecular formula is C26H43N11O6. The Labute approximate surface area is 249 Å². The van der Waals surface area contributed by atoms with E-state index in [0.717, 1.165) is 0 Å². The molecule has 4 amide bonds. The minimum Gasteiger partial charge on any atom is -0.480 e. The number of nitrogens with one attached hydrogen (secondary N) is 3. The molecule has 238 valence electrons. The number of hydrogen-bond donors (Lipinski definition) is 10. The van der Waals surface area contributed by atoms with E-state index in [9.17, 15) is 29.1 Å². The van der Waals surface area contributed by atoms with Crippen molar-refractivity contribution in [3.05, 3.63) is 35.9 Å². The number of hydrogen-bond acceptors (Lipinski definition) is 8.